The van der Waals surface area contributed by atoms with E-state index in [0.717, 1.165) is 48.2 Å². The fourth-order valence-electron chi connectivity index (χ4n) is 4.52. The lowest BCUT2D eigenvalue weighted by Gasteiger charge is -2.32. The van der Waals surface area contributed by atoms with Gasteiger partial charge in [-0.15, -0.1) is 0 Å². The summed E-state index contributed by atoms with van der Waals surface area (Å²) in [6.07, 6.45) is -2.63. The minimum absolute atomic E-state index is 0.0913. The van der Waals surface area contributed by atoms with Gasteiger partial charge in [0.05, 0.1) is 18.0 Å². The molecular formula is C24H25F4N3O2. The number of anilines is 1. The lowest BCUT2D eigenvalue weighted by molar-refractivity contribution is -0.140. The van der Waals surface area contributed by atoms with E-state index in [2.05, 4.69) is 10.6 Å². The Kier molecular flexibility index (Phi) is 6.43. The number of carbonyl (C=O) groups is 2. The molecule has 2 aliphatic rings. The van der Waals surface area contributed by atoms with Crippen molar-refractivity contribution in [2.24, 2.45) is 0 Å². The Labute approximate surface area is 189 Å². The predicted molar refractivity (Wildman–Crippen MR) is 115 cm³/mol. The molecule has 2 aromatic carbocycles. The second-order valence-electron chi connectivity index (χ2n) is 8.59. The molecule has 1 saturated heterocycles. The molecule has 0 aliphatic carbocycles. The van der Waals surface area contributed by atoms with Crippen LogP contribution in [0.15, 0.2) is 30.3 Å². The van der Waals surface area contributed by atoms with Gasteiger partial charge in [0.2, 0.25) is 11.8 Å². The van der Waals surface area contributed by atoms with E-state index in [-0.39, 0.29) is 23.9 Å². The summed E-state index contributed by atoms with van der Waals surface area (Å²) in [4.78, 5) is 27.2. The number of fused-ring (bicyclic) bond motifs is 1. The summed E-state index contributed by atoms with van der Waals surface area (Å²) in [5.74, 6) is -1.75. The minimum Gasteiger partial charge on any atom is -0.337 e. The van der Waals surface area contributed by atoms with Crippen molar-refractivity contribution in [1.82, 2.24) is 10.2 Å². The van der Waals surface area contributed by atoms with Gasteiger partial charge in [-0.05, 0) is 67.1 Å². The molecule has 33 heavy (non-hydrogen) atoms. The van der Waals surface area contributed by atoms with E-state index >= 15 is 0 Å². The number of hydrogen-bond donors (Lipinski definition) is 2. The monoisotopic (exact) mass is 463 g/mol. The van der Waals surface area contributed by atoms with E-state index in [4.69, 9.17) is 0 Å². The zero-order chi connectivity index (χ0) is 23.8. The van der Waals surface area contributed by atoms with Gasteiger partial charge in [-0.1, -0.05) is 18.2 Å². The van der Waals surface area contributed by atoms with Crippen LogP contribution in [0, 0.1) is 12.7 Å². The molecule has 0 saturated carbocycles. The van der Waals surface area contributed by atoms with Crippen LogP contribution in [0.4, 0.5) is 23.2 Å². The summed E-state index contributed by atoms with van der Waals surface area (Å²) in [5.41, 5.74) is 2.20. The number of halogens is 4. The van der Waals surface area contributed by atoms with E-state index in [1.165, 1.54) is 0 Å². The quantitative estimate of drug-likeness (QED) is 0.675. The molecule has 176 valence electrons. The highest BCUT2D eigenvalue weighted by atomic mass is 19.4. The lowest BCUT2D eigenvalue weighted by atomic mass is 9.94. The number of carbonyl (C=O) groups excluding carboxylic acids is 2. The summed E-state index contributed by atoms with van der Waals surface area (Å²) in [6, 6.07) is 6.19. The number of nitrogens with zero attached hydrogens (tertiary/aromatic N) is 1. The second-order valence-corrected chi connectivity index (χ2v) is 8.59. The highest BCUT2D eigenvalue weighted by molar-refractivity contribution is 5.94. The van der Waals surface area contributed by atoms with Gasteiger partial charge in [0.1, 0.15) is 5.82 Å². The Morgan fingerprint density at radius 3 is 2.67 bits per heavy atom. The Hall–Kier alpha value is -2.94. The van der Waals surface area contributed by atoms with Crippen molar-refractivity contribution in [1.29, 1.82) is 0 Å². The van der Waals surface area contributed by atoms with Crippen molar-refractivity contribution >= 4 is 17.5 Å². The fourth-order valence-corrected chi connectivity index (χ4v) is 4.52. The van der Waals surface area contributed by atoms with Gasteiger partial charge in [-0.2, -0.15) is 13.2 Å². The van der Waals surface area contributed by atoms with Crippen LogP contribution in [0.2, 0.25) is 0 Å². The highest BCUT2D eigenvalue weighted by Gasteiger charge is 2.34. The van der Waals surface area contributed by atoms with Crippen LogP contribution in [0.3, 0.4) is 0 Å². The summed E-state index contributed by atoms with van der Waals surface area (Å²) in [6.45, 7) is 3.70. The maximum Gasteiger partial charge on any atom is 0.419 e. The van der Waals surface area contributed by atoms with Crippen molar-refractivity contribution in [3.8, 4) is 0 Å². The zero-order valence-corrected chi connectivity index (χ0v) is 18.2. The largest absolute Gasteiger partial charge is 0.419 e. The summed E-state index contributed by atoms with van der Waals surface area (Å²) in [7, 11) is 0. The van der Waals surface area contributed by atoms with Crippen LogP contribution < -0.4 is 10.6 Å². The van der Waals surface area contributed by atoms with E-state index in [0.29, 0.717) is 31.3 Å². The maximum absolute atomic E-state index is 13.8. The molecule has 2 N–H and O–H groups in total. The van der Waals surface area contributed by atoms with Crippen LogP contribution in [0.5, 0.6) is 0 Å². The van der Waals surface area contributed by atoms with Crippen LogP contribution in [-0.4, -0.2) is 35.8 Å². The van der Waals surface area contributed by atoms with Gasteiger partial charge in [0, 0.05) is 18.8 Å². The molecule has 1 unspecified atom stereocenters. The summed E-state index contributed by atoms with van der Waals surface area (Å²) in [5, 5.41) is 6.08. The first kappa shape index (κ1) is 23.2. The molecule has 2 heterocycles. The second kappa shape index (κ2) is 9.13. The van der Waals surface area contributed by atoms with Crippen molar-refractivity contribution in [2.75, 3.05) is 18.4 Å². The third-order valence-corrected chi connectivity index (χ3v) is 6.25. The van der Waals surface area contributed by atoms with Crippen molar-refractivity contribution in [3.63, 3.8) is 0 Å². The van der Waals surface area contributed by atoms with E-state index in [9.17, 15) is 27.2 Å². The van der Waals surface area contributed by atoms with Gasteiger partial charge >= 0.3 is 6.18 Å². The number of amides is 2. The molecule has 1 atom stereocenters. The van der Waals surface area contributed by atoms with Crippen LogP contribution >= 0.6 is 0 Å². The predicted octanol–water partition coefficient (Wildman–Crippen LogP) is 3.97. The standard InChI is InChI=1S/C24H25F4N3O2/c1-14-4-6-16-13-31(23(33)20-3-2-9-29-20)10-8-17(16)22(14)30-21(32)12-15-5-7-18(19(25)11-15)24(26,27)28/h4-7,11,20,29H,2-3,8-10,12-13H2,1H3,(H,30,32). The molecule has 1 fully saturated rings. The minimum atomic E-state index is -4.78. The molecule has 0 radical (unpaired) electrons. The van der Waals surface area contributed by atoms with E-state index < -0.39 is 23.5 Å². The average Bonchev–Trinajstić information content (AvgIpc) is 3.29. The SMILES string of the molecule is Cc1ccc2c(c1NC(=O)Cc1ccc(C(F)(F)F)c(F)c1)CCN(C(=O)C1CCCN1)C2. The maximum atomic E-state index is 13.8. The van der Waals surface area contributed by atoms with Crippen LogP contribution in [0.25, 0.3) is 0 Å². The Balaban J connectivity index is 1.47. The molecule has 5 nitrogen and oxygen atoms in total. The molecule has 0 spiro atoms. The molecular weight excluding hydrogens is 438 g/mol. The number of hydrogen-bond acceptors (Lipinski definition) is 3. The van der Waals surface area contributed by atoms with Gasteiger partial charge in [-0.25, -0.2) is 4.39 Å². The van der Waals surface area contributed by atoms with E-state index in [1.807, 2.05) is 24.0 Å². The smallest absolute Gasteiger partial charge is 0.337 e. The van der Waals surface area contributed by atoms with Crippen LogP contribution in [-0.2, 0) is 35.2 Å². The number of aryl methyl sites for hydroxylation is 1. The number of benzene rings is 2. The summed E-state index contributed by atoms with van der Waals surface area (Å²) >= 11 is 0. The van der Waals surface area contributed by atoms with Gasteiger partial charge in [0.15, 0.2) is 0 Å². The highest BCUT2D eigenvalue weighted by Crippen LogP contribution is 2.32. The van der Waals surface area contributed by atoms with Crippen molar-refractivity contribution in [3.05, 3.63) is 64.0 Å². The topological polar surface area (TPSA) is 61.4 Å². The molecule has 9 heteroatoms. The zero-order valence-electron chi connectivity index (χ0n) is 18.2. The third kappa shape index (κ3) is 5.03. The fraction of sp³-hybridized carbons (Fsp3) is 0.417. The van der Waals surface area contributed by atoms with Crippen molar-refractivity contribution < 1.29 is 27.2 Å². The normalized spacial score (nSPS) is 18.2. The first-order valence-electron chi connectivity index (χ1n) is 10.9. The molecule has 2 aliphatic heterocycles. The first-order chi connectivity index (χ1) is 15.6. The Morgan fingerprint density at radius 1 is 1.21 bits per heavy atom. The number of alkyl halides is 3. The van der Waals surface area contributed by atoms with E-state index in [1.54, 1.807) is 0 Å². The van der Waals surface area contributed by atoms with Crippen LogP contribution in [0.1, 0.15) is 40.7 Å². The van der Waals surface area contributed by atoms with Gasteiger partial charge < -0.3 is 15.5 Å². The Morgan fingerprint density at radius 2 is 2.00 bits per heavy atom. The molecule has 2 aromatic rings. The number of nitrogens with one attached hydrogen (secondary N) is 2. The van der Waals surface area contributed by atoms with Gasteiger partial charge in [-0.3, -0.25) is 9.59 Å². The lowest BCUT2D eigenvalue weighted by Crippen LogP contribution is -2.45. The number of rotatable bonds is 4. The summed E-state index contributed by atoms with van der Waals surface area (Å²) < 4.78 is 52.1. The molecule has 2 amide bonds. The Bertz CT molecular complexity index is 1080. The molecule has 0 aromatic heterocycles. The molecule has 0 bridgehead atoms. The van der Waals surface area contributed by atoms with Gasteiger partial charge in [0.25, 0.3) is 0 Å². The van der Waals surface area contributed by atoms with Crippen molar-refractivity contribution in [2.45, 2.75) is 51.4 Å². The molecule has 4 rings (SSSR count). The first-order valence-corrected chi connectivity index (χ1v) is 10.9. The third-order valence-electron chi connectivity index (χ3n) is 6.25. The average molecular weight is 463 g/mol.